The minimum Gasteiger partial charge on any atom is -0.330 e. The molecular formula is C19H17F4N3O3S. The van der Waals surface area contributed by atoms with Crippen molar-refractivity contribution in [3.8, 4) is 6.07 Å². The number of nitrogens with zero attached hydrogens (tertiary/aromatic N) is 1. The van der Waals surface area contributed by atoms with Crippen molar-refractivity contribution in [2.24, 2.45) is 0 Å². The van der Waals surface area contributed by atoms with Crippen LogP contribution >= 0.6 is 0 Å². The molecule has 2 amide bonds. The van der Waals surface area contributed by atoms with Gasteiger partial charge in [-0.25, -0.2) is 17.6 Å². The van der Waals surface area contributed by atoms with Crippen molar-refractivity contribution in [2.75, 3.05) is 11.1 Å². The Bertz CT molecular complexity index is 1060. The van der Waals surface area contributed by atoms with Gasteiger partial charge in [0.25, 0.3) is 0 Å². The normalized spacial score (nSPS) is 12.7. The van der Waals surface area contributed by atoms with Crippen LogP contribution in [0.2, 0.25) is 0 Å². The van der Waals surface area contributed by atoms with Gasteiger partial charge >= 0.3 is 12.2 Å². The molecule has 0 aliphatic heterocycles. The number of halogens is 4. The van der Waals surface area contributed by atoms with Crippen molar-refractivity contribution in [3.05, 3.63) is 59.4 Å². The molecule has 0 fully saturated rings. The van der Waals surface area contributed by atoms with Crippen LogP contribution in [-0.2, 0) is 16.0 Å². The van der Waals surface area contributed by atoms with Crippen molar-refractivity contribution in [3.63, 3.8) is 0 Å². The van der Waals surface area contributed by atoms with Crippen LogP contribution in [0.1, 0.15) is 30.5 Å². The average molecular weight is 443 g/mol. The third-order valence-electron chi connectivity index (χ3n) is 4.11. The smallest absolute Gasteiger partial charge is 0.330 e. The van der Waals surface area contributed by atoms with Gasteiger partial charge in [0.15, 0.2) is 9.84 Å². The summed E-state index contributed by atoms with van der Waals surface area (Å²) in [6, 6.07) is 7.14. The van der Waals surface area contributed by atoms with Crippen LogP contribution in [0.3, 0.4) is 0 Å². The van der Waals surface area contributed by atoms with E-state index in [1.54, 1.807) is 0 Å². The lowest BCUT2D eigenvalue weighted by Crippen LogP contribution is -2.32. The van der Waals surface area contributed by atoms with Gasteiger partial charge in [-0.05, 0) is 35.9 Å². The second kappa shape index (κ2) is 9.13. The highest BCUT2D eigenvalue weighted by atomic mass is 32.2. The van der Waals surface area contributed by atoms with Crippen LogP contribution in [-0.4, -0.2) is 20.2 Å². The van der Waals surface area contributed by atoms with Crippen LogP contribution in [0.15, 0.2) is 47.4 Å². The predicted octanol–water partition coefficient (Wildman–Crippen LogP) is 4.41. The molecule has 2 rings (SSSR count). The van der Waals surface area contributed by atoms with E-state index in [1.807, 2.05) is 6.07 Å². The molecule has 2 N–H and O–H groups in total. The van der Waals surface area contributed by atoms with E-state index in [0.29, 0.717) is 17.7 Å². The zero-order valence-corrected chi connectivity index (χ0v) is 16.4. The molecule has 0 saturated heterocycles. The van der Waals surface area contributed by atoms with Crippen LogP contribution in [0.4, 0.5) is 28.0 Å². The van der Waals surface area contributed by atoms with Gasteiger partial charge < -0.3 is 10.6 Å². The molecule has 0 bridgehead atoms. The third-order valence-corrected chi connectivity index (χ3v) is 5.86. The van der Waals surface area contributed by atoms with Gasteiger partial charge in [0.2, 0.25) is 0 Å². The first-order valence-electron chi connectivity index (χ1n) is 8.61. The molecule has 6 nitrogen and oxygen atoms in total. The Balaban J connectivity index is 2.19. The fourth-order valence-electron chi connectivity index (χ4n) is 2.57. The number of hydrogen-bond donors (Lipinski definition) is 2. The number of anilines is 1. The number of alkyl halides is 3. The van der Waals surface area contributed by atoms with Crippen LogP contribution in [0.5, 0.6) is 0 Å². The highest BCUT2D eigenvalue weighted by Crippen LogP contribution is 2.31. The third kappa shape index (κ3) is 5.93. The maximum atomic E-state index is 13.5. The van der Waals surface area contributed by atoms with Crippen molar-refractivity contribution < 1.29 is 30.8 Å². The second-order valence-electron chi connectivity index (χ2n) is 6.21. The van der Waals surface area contributed by atoms with Crippen LogP contribution in [0.25, 0.3) is 0 Å². The Kier molecular flexibility index (Phi) is 7.04. The number of carbonyl (C=O) groups is 1. The van der Waals surface area contributed by atoms with E-state index >= 15 is 0 Å². The van der Waals surface area contributed by atoms with E-state index in [4.69, 9.17) is 5.26 Å². The monoisotopic (exact) mass is 443 g/mol. The number of carbonyl (C=O) groups excluding carboxylic acids is 1. The molecule has 2 aromatic carbocycles. The molecule has 30 heavy (non-hydrogen) atoms. The highest BCUT2D eigenvalue weighted by molar-refractivity contribution is 7.91. The minimum absolute atomic E-state index is 0.0772. The number of urea groups is 1. The Hall–Kier alpha value is -3.13. The van der Waals surface area contributed by atoms with E-state index in [9.17, 15) is 30.8 Å². The lowest BCUT2D eigenvalue weighted by atomic mass is 10.0. The summed E-state index contributed by atoms with van der Waals surface area (Å²) in [5.74, 6) is -1.27. The maximum Gasteiger partial charge on any atom is 0.416 e. The standard InChI is InChI=1S/C19H17F4N3O3S/c1-2-30(28,29)16-5-3-12(4-6-16)17(7-8-24)26-18(27)25-15-10-13(19(21,22)23)9-14(20)11-15/h3-6,9-11,17H,2,7H2,1H3,(H2,25,26,27). The number of hydrogen-bond acceptors (Lipinski definition) is 4. The molecule has 0 saturated carbocycles. The molecule has 11 heteroatoms. The van der Waals surface area contributed by atoms with Gasteiger partial charge in [-0.2, -0.15) is 18.4 Å². The Labute approximate surface area is 170 Å². The number of sulfone groups is 1. The summed E-state index contributed by atoms with van der Waals surface area (Å²) in [6.45, 7) is 1.49. The van der Waals surface area contributed by atoms with E-state index < -0.39 is 45.2 Å². The van der Waals surface area contributed by atoms with E-state index in [1.165, 1.54) is 31.2 Å². The summed E-state index contributed by atoms with van der Waals surface area (Å²) in [4.78, 5) is 12.3. The van der Waals surface area contributed by atoms with Gasteiger partial charge in [-0.3, -0.25) is 0 Å². The van der Waals surface area contributed by atoms with E-state index in [2.05, 4.69) is 10.6 Å². The zero-order valence-electron chi connectivity index (χ0n) is 15.6. The van der Waals surface area contributed by atoms with Crippen LogP contribution in [0, 0.1) is 17.1 Å². The minimum atomic E-state index is -4.79. The number of nitriles is 1. The Morgan fingerprint density at radius 2 is 1.80 bits per heavy atom. The van der Waals surface area contributed by atoms with Gasteiger partial charge in [0, 0.05) is 5.69 Å². The Morgan fingerprint density at radius 1 is 1.17 bits per heavy atom. The summed E-state index contributed by atoms with van der Waals surface area (Å²) in [5.41, 5.74) is -1.27. The average Bonchev–Trinajstić information content (AvgIpc) is 2.66. The lowest BCUT2D eigenvalue weighted by Gasteiger charge is -2.18. The topological polar surface area (TPSA) is 99.1 Å². The molecule has 0 aliphatic rings. The van der Waals surface area contributed by atoms with Crippen molar-refractivity contribution >= 4 is 21.6 Å². The molecule has 1 unspecified atom stereocenters. The molecule has 0 heterocycles. The molecule has 2 aromatic rings. The molecule has 0 spiro atoms. The number of rotatable bonds is 6. The summed E-state index contributed by atoms with van der Waals surface area (Å²) in [5, 5.41) is 13.5. The van der Waals surface area contributed by atoms with Crippen molar-refractivity contribution in [1.82, 2.24) is 5.32 Å². The van der Waals surface area contributed by atoms with Gasteiger partial charge in [-0.15, -0.1) is 0 Å². The fraction of sp³-hybridized carbons (Fsp3) is 0.263. The Morgan fingerprint density at radius 3 is 2.33 bits per heavy atom. The molecule has 0 radical (unpaired) electrons. The summed E-state index contributed by atoms with van der Waals surface area (Å²) < 4.78 is 75.6. The van der Waals surface area contributed by atoms with E-state index in [0.717, 1.165) is 6.07 Å². The fourth-order valence-corrected chi connectivity index (χ4v) is 3.45. The summed E-state index contributed by atoms with van der Waals surface area (Å²) >= 11 is 0. The van der Waals surface area contributed by atoms with Gasteiger partial charge in [-0.1, -0.05) is 19.1 Å². The first-order valence-corrected chi connectivity index (χ1v) is 10.3. The van der Waals surface area contributed by atoms with Gasteiger partial charge in [0.05, 0.1) is 34.7 Å². The second-order valence-corrected chi connectivity index (χ2v) is 8.49. The largest absolute Gasteiger partial charge is 0.416 e. The molecule has 160 valence electrons. The first kappa shape index (κ1) is 23.2. The molecule has 1 atom stereocenters. The lowest BCUT2D eigenvalue weighted by molar-refractivity contribution is -0.137. The zero-order chi connectivity index (χ0) is 22.5. The van der Waals surface area contributed by atoms with E-state index in [-0.39, 0.29) is 17.1 Å². The quantitative estimate of drug-likeness (QED) is 0.646. The maximum absolute atomic E-state index is 13.5. The van der Waals surface area contributed by atoms with Crippen LogP contribution < -0.4 is 10.6 Å². The first-order chi connectivity index (χ1) is 14.0. The highest BCUT2D eigenvalue weighted by Gasteiger charge is 2.31. The molecular weight excluding hydrogens is 426 g/mol. The number of nitrogens with one attached hydrogen (secondary N) is 2. The number of benzene rings is 2. The van der Waals surface area contributed by atoms with Gasteiger partial charge in [0.1, 0.15) is 5.82 Å². The molecule has 0 aromatic heterocycles. The van der Waals surface area contributed by atoms with Crippen molar-refractivity contribution in [2.45, 2.75) is 30.5 Å². The SMILES string of the molecule is CCS(=O)(=O)c1ccc(C(CC#N)NC(=O)Nc2cc(F)cc(C(F)(F)F)c2)cc1. The predicted molar refractivity (Wildman–Crippen MR) is 101 cm³/mol. The van der Waals surface area contributed by atoms with Crippen molar-refractivity contribution in [1.29, 1.82) is 5.26 Å². The number of amides is 2. The summed E-state index contributed by atoms with van der Waals surface area (Å²) in [7, 11) is -3.43. The summed E-state index contributed by atoms with van der Waals surface area (Å²) in [6.07, 6.45) is -4.98. The molecule has 0 aliphatic carbocycles.